The van der Waals surface area contributed by atoms with E-state index in [2.05, 4.69) is 5.32 Å². The molecule has 2 aromatic rings. The summed E-state index contributed by atoms with van der Waals surface area (Å²) in [6.07, 6.45) is 0. The van der Waals surface area contributed by atoms with Gasteiger partial charge in [0.05, 0.1) is 15.6 Å². The summed E-state index contributed by atoms with van der Waals surface area (Å²) in [5, 5.41) is 3.26. The second-order valence-electron chi connectivity index (χ2n) is 5.11. The third-order valence-corrected chi connectivity index (χ3v) is 4.43. The van der Waals surface area contributed by atoms with Crippen LogP contribution in [0.4, 0.5) is 5.69 Å². The molecule has 0 aliphatic carbocycles. The predicted octanol–water partition coefficient (Wildman–Crippen LogP) is 4.73. The lowest BCUT2D eigenvalue weighted by molar-refractivity contribution is 0.0772. The Morgan fingerprint density at radius 2 is 1.71 bits per heavy atom. The molecule has 0 aliphatic rings. The lowest BCUT2D eigenvalue weighted by Gasteiger charge is -2.19. The first kappa shape index (κ1) is 18.3. The summed E-state index contributed by atoms with van der Waals surface area (Å²) >= 11 is 12.0. The molecule has 0 atom stereocenters. The minimum absolute atomic E-state index is 0.0723. The maximum absolute atomic E-state index is 12.4. The maximum Gasteiger partial charge on any atom is 0.257 e. The molecule has 0 unspecified atom stereocenters. The van der Waals surface area contributed by atoms with Crippen molar-refractivity contribution in [2.24, 2.45) is 0 Å². The van der Waals surface area contributed by atoms with Gasteiger partial charge < -0.3 is 10.2 Å². The average molecular weight is 365 g/mol. The minimum atomic E-state index is -0.380. The number of hydrogen-bond acceptors (Lipinski definition) is 2. The van der Waals surface area contributed by atoms with Gasteiger partial charge in [-0.25, -0.2) is 0 Å². The number of carbonyl (C=O) groups excluding carboxylic acids is 2. The number of benzene rings is 2. The summed E-state index contributed by atoms with van der Waals surface area (Å²) in [5.41, 5.74) is 1.33. The number of halogens is 2. The number of anilines is 1. The van der Waals surface area contributed by atoms with E-state index in [0.29, 0.717) is 29.4 Å². The van der Waals surface area contributed by atoms with Gasteiger partial charge >= 0.3 is 0 Å². The zero-order valence-electron chi connectivity index (χ0n) is 13.5. The van der Waals surface area contributed by atoms with Gasteiger partial charge in [-0.2, -0.15) is 0 Å². The van der Waals surface area contributed by atoms with E-state index >= 15 is 0 Å². The summed E-state index contributed by atoms with van der Waals surface area (Å²) < 4.78 is 0. The van der Waals surface area contributed by atoms with E-state index in [0.717, 1.165) is 0 Å². The maximum atomic E-state index is 12.4. The first-order valence-electron chi connectivity index (χ1n) is 7.62. The molecule has 0 aliphatic heterocycles. The second-order valence-corrected chi connectivity index (χ2v) is 5.90. The van der Waals surface area contributed by atoms with Gasteiger partial charge in [0.1, 0.15) is 0 Å². The fourth-order valence-electron chi connectivity index (χ4n) is 2.30. The third-order valence-electron chi connectivity index (χ3n) is 3.61. The molecule has 0 bridgehead atoms. The predicted molar refractivity (Wildman–Crippen MR) is 98.1 cm³/mol. The van der Waals surface area contributed by atoms with Crippen LogP contribution in [0.25, 0.3) is 0 Å². The molecule has 0 saturated carbocycles. The van der Waals surface area contributed by atoms with Crippen LogP contribution >= 0.6 is 23.2 Å². The van der Waals surface area contributed by atoms with Crippen LogP contribution in [0, 0.1) is 0 Å². The summed E-state index contributed by atoms with van der Waals surface area (Å²) in [6, 6.07) is 11.7. The van der Waals surface area contributed by atoms with Gasteiger partial charge in [-0.05, 0) is 44.2 Å². The number of nitrogens with zero attached hydrogens (tertiary/aromatic N) is 1. The van der Waals surface area contributed by atoms with Gasteiger partial charge in [0.15, 0.2) is 0 Å². The van der Waals surface area contributed by atoms with E-state index < -0.39 is 0 Å². The van der Waals surface area contributed by atoms with Crippen molar-refractivity contribution in [1.29, 1.82) is 0 Å². The molecule has 0 saturated heterocycles. The highest BCUT2D eigenvalue weighted by molar-refractivity contribution is 6.44. The first-order chi connectivity index (χ1) is 11.5. The smallest absolute Gasteiger partial charge is 0.257 e. The molecular formula is C18H18Cl2N2O2. The third kappa shape index (κ3) is 4.08. The van der Waals surface area contributed by atoms with E-state index in [-0.39, 0.29) is 22.4 Å². The van der Waals surface area contributed by atoms with Gasteiger partial charge in [0.25, 0.3) is 11.8 Å². The van der Waals surface area contributed by atoms with Crippen LogP contribution < -0.4 is 5.32 Å². The van der Waals surface area contributed by atoms with Crippen molar-refractivity contribution in [2.75, 3.05) is 18.4 Å². The van der Waals surface area contributed by atoms with Gasteiger partial charge in [-0.1, -0.05) is 35.3 Å². The number of amides is 2. The number of nitrogens with one attached hydrogen (secondary N) is 1. The normalized spacial score (nSPS) is 10.3. The van der Waals surface area contributed by atoms with Crippen molar-refractivity contribution >= 4 is 40.7 Å². The van der Waals surface area contributed by atoms with E-state index in [1.54, 1.807) is 47.4 Å². The molecule has 2 aromatic carbocycles. The summed E-state index contributed by atoms with van der Waals surface area (Å²) in [7, 11) is 0. The zero-order chi connectivity index (χ0) is 17.7. The van der Waals surface area contributed by atoms with Crippen molar-refractivity contribution in [3.63, 3.8) is 0 Å². The van der Waals surface area contributed by atoms with Crippen molar-refractivity contribution in [2.45, 2.75) is 13.8 Å². The molecule has 6 heteroatoms. The molecular weight excluding hydrogens is 347 g/mol. The summed E-state index contributed by atoms with van der Waals surface area (Å²) in [6.45, 7) is 5.11. The van der Waals surface area contributed by atoms with Crippen LogP contribution in [0.5, 0.6) is 0 Å². The molecule has 0 aromatic heterocycles. The Bertz CT molecular complexity index is 758. The Morgan fingerprint density at radius 1 is 1.04 bits per heavy atom. The molecule has 0 spiro atoms. The minimum Gasteiger partial charge on any atom is -0.339 e. The second kappa shape index (κ2) is 8.18. The highest BCUT2D eigenvalue weighted by Crippen LogP contribution is 2.26. The topological polar surface area (TPSA) is 49.4 Å². The lowest BCUT2D eigenvalue weighted by Crippen LogP contribution is -2.30. The Kier molecular flexibility index (Phi) is 6.23. The molecule has 4 nitrogen and oxygen atoms in total. The number of rotatable bonds is 5. The number of hydrogen-bond donors (Lipinski definition) is 1. The Labute approximate surface area is 151 Å². The van der Waals surface area contributed by atoms with Gasteiger partial charge in [-0.15, -0.1) is 0 Å². The van der Waals surface area contributed by atoms with Crippen molar-refractivity contribution in [3.05, 3.63) is 63.6 Å². The van der Waals surface area contributed by atoms with Crippen molar-refractivity contribution < 1.29 is 9.59 Å². The van der Waals surface area contributed by atoms with Crippen LogP contribution in [0.1, 0.15) is 34.6 Å². The van der Waals surface area contributed by atoms with E-state index in [1.165, 1.54) is 0 Å². The first-order valence-corrected chi connectivity index (χ1v) is 8.38. The molecule has 126 valence electrons. The van der Waals surface area contributed by atoms with Crippen LogP contribution in [0.2, 0.25) is 10.0 Å². The zero-order valence-corrected chi connectivity index (χ0v) is 15.0. The lowest BCUT2D eigenvalue weighted by atomic mass is 10.1. The highest BCUT2D eigenvalue weighted by Gasteiger charge is 2.15. The van der Waals surface area contributed by atoms with E-state index in [1.807, 2.05) is 13.8 Å². The molecule has 1 N–H and O–H groups in total. The van der Waals surface area contributed by atoms with Crippen molar-refractivity contribution in [1.82, 2.24) is 4.90 Å². The number of carbonyl (C=O) groups is 2. The standard InChI is InChI=1S/C18H18Cl2N2O2/c1-3-22(4-2)18(24)12-7-5-8-13(11-12)21-17(23)14-9-6-10-15(19)16(14)20/h5-11H,3-4H2,1-2H3,(H,21,23). The Morgan fingerprint density at radius 3 is 2.38 bits per heavy atom. The fourth-order valence-corrected chi connectivity index (χ4v) is 2.69. The van der Waals surface area contributed by atoms with Crippen molar-refractivity contribution in [3.8, 4) is 0 Å². The molecule has 0 heterocycles. The highest BCUT2D eigenvalue weighted by atomic mass is 35.5. The van der Waals surface area contributed by atoms with Gasteiger partial charge in [0, 0.05) is 24.3 Å². The summed E-state index contributed by atoms with van der Waals surface area (Å²) in [5.74, 6) is -0.452. The van der Waals surface area contributed by atoms with Crippen LogP contribution in [0.15, 0.2) is 42.5 Å². The fraction of sp³-hybridized carbons (Fsp3) is 0.222. The van der Waals surface area contributed by atoms with Crippen LogP contribution in [0.3, 0.4) is 0 Å². The van der Waals surface area contributed by atoms with E-state index in [9.17, 15) is 9.59 Å². The van der Waals surface area contributed by atoms with Crippen LogP contribution in [-0.4, -0.2) is 29.8 Å². The Hall–Kier alpha value is -2.04. The Balaban J connectivity index is 2.22. The van der Waals surface area contributed by atoms with Gasteiger partial charge in [0.2, 0.25) is 0 Å². The van der Waals surface area contributed by atoms with Crippen LogP contribution in [-0.2, 0) is 0 Å². The molecule has 24 heavy (non-hydrogen) atoms. The quantitative estimate of drug-likeness (QED) is 0.833. The average Bonchev–Trinajstić information content (AvgIpc) is 2.58. The van der Waals surface area contributed by atoms with E-state index in [4.69, 9.17) is 23.2 Å². The monoisotopic (exact) mass is 364 g/mol. The molecule has 2 rings (SSSR count). The van der Waals surface area contributed by atoms with Gasteiger partial charge in [-0.3, -0.25) is 9.59 Å². The molecule has 2 amide bonds. The molecule has 0 fully saturated rings. The SMILES string of the molecule is CCN(CC)C(=O)c1cccc(NC(=O)c2cccc(Cl)c2Cl)c1. The molecule has 0 radical (unpaired) electrons. The summed E-state index contributed by atoms with van der Waals surface area (Å²) in [4.78, 5) is 26.5. The largest absolute Gasteiger partial charge is 0.339 e.